The summed E-state index contributed by atoms with van der Waals surface area (Å²) < 4.78 is 0. The highest BCUT2D eigenvalue weighted by molar-refractivity contribution is 6.29. The Balaban J connectivity index is 1.89. The second-order valence-electron chi connectivity index (χ2n) is 4.32. The standard InChI is InChI=1S/C14H11ClN4O/c15-12-5-4-9(7-17-12)18-14(20)11-6-8-2-1-3-10(16)13(8)19-11/h1-7,19H,16H2,(H,18,20). The lowest BCUT2D eigenvalue weighted by molar-refractivity contribution is 0.102. The van der Waals surface area contributed by atoms with Crippen LogP contribution in [0.1, 0.15) is 10.5 Å². The summed E-state index contributed by atoms with van der Waals surface area (Å²) in [6.07, 6.45) is 1.50. The van der Waals surface area contributed by atoms with Crippen LogP contribution in [0.2, 0.25) is 5.15 Å². The van der Waals surface area contributed by atoms with E-state index in [1.165, 1.54) is 6.20 Å². The quantitative estimate of drug-likeness (QED) is 0.500. The van der Waals surface area contributed by atoms with Crippen molar-refractivity contribution in [2.45, 2.75) is 0 Å². The predicted molar refractivity (Wildman–Crippen MR) is 79.9 cm³/mol. The van der Waals surface area contributed by atoms with Gasteiger partial charge >= 0.3 is 0 Å². The highest BCUT2D eigenvalue weighted by Gasteiger charge is 2.11. The van der Waals surface area contributed by atoms with Gasteiger partial charge in [-0.05, 0) is 24.3 Å². The Labute approximate surface area is 119 Å². The van der Waals surface area contributed by atoms with E-state index in [1.807, 2.05) is 12.1 Å². The summed E-state index contributed by atoms with van der Waals surface area (Å²) in [5, 5.41) is 4.00. The largest absolute Gasteiger partial charge is 0.397 e. The highest BCUT2D eigenvalue weighted by atomic mass is 35.5. The number of rotatable bonds is 2. The van der Waals surface area contributed by atoms with Crippen molar-refractivity contribution in [1.82, 2.24) is 9.97 Å². The zero-order valence-corrected chi connectivity index (χ0v) is 11.1. The number of fused-ring (bicyclic) bond motifs is 1. The lowest BCUT2D eigenvalue weighted by Crippen LogP contribution is -2.12. The molecule has 20 heavy (non-hydrogen) atoms. The molecule has 100 valence electrons. The smallest absolute Gasteiger partial charge is 0.272 e. The summed E-state index contributed by atoms with van der Waals surface area (Å²) in [6, 6.07) is 10.6. The molecule has 0 aliphatic heterocycles. The van der Waals surface area contributed by atoms with Gasteiger partial charge in [-0.15, -0.1) is 0 Å². The van der Waals surface area contributed by atoms with Crippen LogP contribution in [0.4, 0.5) is 11.4 Å². The lowest BCUT2D eigenvalue weighted by atomic mass is 10.2. The molecule has 0 saturated heterocycles. The molecule has 0 fully saturated rings. The molecule has 2 heterocycles. The number of carbonyl (C=O) groups excluding carboxylic acids is 1. The Kier molecular flexibility index (Phi) is 3.04. The number of amides is 1. The van der Waals surface area contributed by atoms with Crippen LogP contribution in [0.5, 0.6) is 0 Å². The molecule has 3 rings (SSSR count). The van der Waals surface area contributed by atoms with E-state index in [2.05, 4.69) is 15.3 Å². The van der Waals surface area contributed by atoms with Crippen molar-refractivity contribution < 1.29 is 4.79 Å². The number of nitrogens with one attached hydrogen (secondary N) is 2. The molecule has 0 unspecified atom stereocenters. The van der Waals surface area contributed by atoms with Crippen molar-refractivity contribution in [1.29, 1.82) is 0 Å². The van der Waals surface area contributed by atoms with Crippen molar-refractivity contribution >= 4 is 39.8 Å². The number of benzene rings is 1. The first-order chi connectivity index (χ1) is 9.63. The van der Waals surface area contributed by atoms with E-state index in [0.717, 1.165) is 10.9 Å². The number of hydrogen-bond donors (Lipinski definition) is 3. The van der Waals surface area contributed by atoms with Gasteiger partial charge in [0.1, 0.15) is 10.8 Å². The number of nitrogens with zero attached hydrogens (tertiary/aromatic N) is 1. The molecule has 2 aromatic heterocycles. The van der Waals surface area contributed by atoms with Crippen LogP contribution < -0.4 is 11.1 Å². The number of carbonyl (C=O) groups is 1. The normalized spacial score (nSPS) is 10.7. The summed E-state index contributed by atoms with van der Waals surface area (Å²) in [4.78, 5) is 19.1. The molecule has 0 saturated carbocycles. The van der Waals surface area contributed by atoms with E-state index in [9.17, 15) is 4.79 Å². The van der Waals surface area contributed by atoms with E-state index in [1.54, 1.807) is 24.3 Å². The molecule has 0 bridgehead atoms. The Bertz CT molecular complexity index is 779. The molecule has 1 aromatic carbocycles. The molecular weight excluding hydrogens is 276 g/mol. The molecule has 0 atom stereocenters. The molecular formula is C14H11ClN4O. The Morgan fingerprint density at radius 3 is 2.85 bits per heavy atom. The van der Waals surface area contributed by atoms with E-state index in [0.29, 0.717) is 22.2 Å². The van der Waals surface area contributed by atoms with Gasteiger partial charge in [0.05, 0.1) is 23.1 Å². The first kappa shape index (κ1) is 12.5. The van der Waals surface area contributed by atoms with Gasteiger partial charge in [-0.3, -0.25) is 4.79 Å². The van der Waals surface area contributed by atoms with Gasteiger partial charge < -0.3 is 16.0 Å². The van der Waals surface area contributed by atoms with Gasteiger partial charge in [0.15, 0.2) is 0 Å². The van der Waals surface area contributed by atoms with E-state index in [4.69, 9.17) is 17.3 Å². The van der Waals surface area contributed by atoms with Crippen LogP contribution in [0.25, 0.3) is 10.9 Å². The van der Waals surface area contributed by atoms with Gasteiger partial charge in [-0.1, -0.05) is 23.7 Å². The minimum Gasteiger partial charge on any atom is -0.397 e. The van der Waals surface area contributed by atoms with Crippen molar-refractivity contribution in [2.75, 3.05) is 11.1 Å². The maximum Gasteiger partial charge on any atom is 0.272 e. The van der Waals surface area contributed by atoms with Gasteiger partial charge in [0, 0.05) is 5.39 Å². The van der Waals surface area contributed by atoms with Crippen LogP contribution in [0.3, 0.4) is 0 Å². The van der Waals surface area contributed by atoms with Gasteiger partial charge in [-0.2, -0.15) is 0 Å². The van der Waals surface area contributed by atoms with E-state index in [-0.39, 0.29) is 5.91 Å². The molecule has 3 aromatic rings. The zero-order valence-electron chi connectivity index (χ0n) is 10.4. The topological polar surface area (TPSA) is 83.8 Å². The predicted octanol–water partition coefficient (Wildman–Crippen LogP) is 3.05. The number of nitrogen functional groups attached to an aromatic ring is 1. The summed E-state index contributed by atoms with van der Waals surface area (Å²) in [5.74, 6) is -0.260. The summed E-state index contributed by atoms with van der Waals surface area (Å²) in [7, 11) is 0. The number of para-hydroxylation sites is 1. The number of H-pyrrole nitrogens is 1. The summed E-state index contributed by atoms with van der Waals surface area (Å²) >= 11 is 5.69. The molecule has 0 radical (unpaired) electrons. The number of aromatic nitrogens is 2. The fourth-order valence-corrected chi connectivity index (χ4v) is 2.06. The molecule has 1 amide bonds. The van der Waals surface area contributed by atoms with Crippen molar-refractivity contribution in [3.8, 4) is 0 Å². The van der Waals surface area contributed by atoms with Gasteiger partial charge in [0.2, 0.25) is 0 Å². The Morgan fingerprint density at radius 2 is 2.15 bits per heavy atom. The number of anilines is 2. The third-order valence-electron chi connectivity index (χ3n) is 2.92. The van der Waals surface area contributed by atoms with E-state index < -0.39 is 0 Å². The minimum atomic E-state index is -0.260. The van der Waals surface area contributed by atoms with Crippen molar-refractivity contribution in [3.05, 3.63) is 53.4 Å². The monoisotopic (exact) mass is 286 g/mol. The molecule has 6 heteroatoms. The maximum atomic E-state index is 12.1. The van der Waals surface area contributed by atoms with Gasteiger partial charge in [-0.25, -0.2) is 4.98 Å². The van der Waals surface area contributed by atoms with Crippen LogP contribution in [-0.4, -0.2) is 15.9 Å². The average Bonchev–Trinajstić information content (AvgIpc) is 2.87. The van der Waals surface area contributed by atoms with Crippen LogP contribution in [0, 0.1) is 0 Å². The number of aromatic amines is 1. The lowest BCUT2D eigenvalue weighted by Gasteiger charge is -2.02. The third-order valence-corrected chi connectivity index (χ3v) is 3.14. The maximum absolute atomic E-state index is 12.1. The number of nitrogens with two attached hydrogens (primary N) is 1. The second-order valence-corrected chi connectivity index (χ2v) is 4.71. The van der Waals surface area contributed by atoms with Crippen LogP contribution in [-0.2, 0) is 0 Å². The molecule has 0 spiro atoms. The number of hydrogen-bond acceptors (Lipinski definition) is 3. The third kappa shape index (κ3) is 2.31. The number of pyridine rings is 1. The summed E-state index contributed by atoms with van der Waals surface area (Å²) in [6.45, 7) is 0. The first-order valence-corrected chi connectivity index (χ1v) is 6.31. The van der Waals surface area contributed by atoms with Gasteiger partial charge in [0.25, 0.3) is 5.91 Å². The number of halogens is 1. The molecule has 4 N–H and O–H groups in total. The first-order valence-electron chi connectivity index (χ1n) is 5.93. The minimum absolute atomic E-state index is 0.260. The van der Waals surface area contributed by atoms with E-state index >= 15 is 0 Å². The summed E-state index contributed by atoms with van der Waals surface area (Å²) in [5.41, 5.74) is 8.23. The molecule has 5 nitrogen and oxygen atoms in total. The average molecular weight is 287 g/mol. The highest BCUT2D eigenvalue weighted by Crippen LogP contribution is 2.21. The van der Waals surface area contributed by atoms with Crippen LogP contribution >= 0.6 is 11.6 Å². The van der Waals surface area contributed by atoms with Crippen LogP contribution in [0.15, 0.2) is 42.6 Å². The van der Waals surface area contributed by atoms with Crippen molar-refractivity contribution in [2.24, 2.45) is 0 Å². The van der Waals surface area contributed by atoms with Crippen molar-refractivity contribution in [3.63, 3.8) is 0 Å². The fourth-order valence-electron chi connectivity index (χ4n) is 1.95. The Hall–Kier alpha value is -2.53. The fraction of sp³-hybridized carbons (Fsp3) is 0. The molecule has 0 aliphatic rings. The second kappa shape index (κ2) is 4.86. The SMILES string of the molecule is Nc1cccc2cc(C(=O)Nc3ccc(Cl)nc3)[nH]c12. The zero-order chi connectivity index (χ0) is 14.1. The Morgan fingerprint density at radius 1 is 1.30 bits per heavy atom. The molecule has 0 aliphatic carbocycles.